The van der Waals surface area contributed by atoms with Crippen LogP contribution in [0.4, 0.5) is 13.2 Å². The van der Waals surface area contributed by atoms with Gasteiger partial charge in [-0.2, -0.15) is 24.9 Å². The third-order valence-electron chi connectivity index (χ3n) is 1.54. The normalized spacial score (nSPS) is 20.7. The zero-order valence-electron chi connectivity index (χ0n) is 5.45. The Morgan fingerprint density at radius 2 is 1.90 bits per heavy atom. The lowest BCUT2D eigenvalue weighted by atomic mass is 10.1. The van der Waals surface area contributed by atoms with Crippen molar-refractivity contribution >= 4 is 11.8 Å². The van der Waals surface area contributed by atoms with Gasteiger partial charge >= 0.3 is 6.18 Å². The van der Waals surface area contributed by atoms with Crippen molar-refractivity contribution in [3.05, 3.63) is 0 Å². The minimum absolute atomic E-state index is 0.330. The van der Waals surface area contributed by atoms with Crippen LogP contribution in [0.15, 0.2) is 0 Å². The Kier molecular flexibility index (Phi) is 2.50. The number of rotatable bonds is 2. The average Bonchev–Trinajstić information content (AvgIpc) is 1.56. The molecule has 0 bridgehead atoms. The summed E-state index contributed by atoms with van der Waals surface area (Å²) >= 11 is 1.73. The van der Waals surface area contributed by atoms with Crippen LogP contribution in [-0.4, -0.2) is 17.7 Å². The molecule has 0 N–H and O–H groups in total. The van der Waals surface area contributed by atoms with Gasteiger partial charge in [-0.05, 0) is 23.8 Å². The van der Waals surface area contributed by atoms with Gasteiger partial charge in [-0.25, -0.2) is 0 Å². The van der Waals surface area contributed by atoms with Crippen LogP contribution < -0.4 is 0 Å². The highest BCUT2D eigenvalue weighted by Crippen LogP contribution is 2.32. The van der Waals surface area contributed by atoms with Gasteiger partial charge < -0.3 is 0 Å². The van der Waals surface area contributed by atoms with Crippen molar-refractivity contribution in [3.63, 3.8) is 0 Å². The van der Waals surface area contributed by atoms with Gasteiger partial charge in [0.2, 0.25) is 0 Å². The van der Waals surface area contributed by atoms with Gasteiger partial charge in [0.15, 0.2) is 0 Å². The van der Waals surface area contributed by atoms with E-state index < -0.39 is 12.6 Å². The van der Waals surface area contributed by atoms with E-state index in [1.165, 1.54) is 0 Å². The molecule has 60 valence electrons. The summed E-state index contributed by atoms with van der Waals surface area (Å²) in [4.78, 5) is 0. The maximum Gasteiger partial charge on any atom is 0.389 e. The highest BCUT2D eigenvalue weighted by atomic mass is 32.2. The molecule has 4 heteroatoms. The number of alkyl halides is 3. The Morgan fingerprint density at radius 3 is 2.20 bits per heavy atom. The number of hydrogen-bond acceptors (Lipinski definition) is 1. The van der Waals surface area contributed by atoms with Crippen molar-refractivity contribution in [3.8, 4) is 0 Å². The van der Waals surface area contributed by atoms with Gasteiger partial charge in [-0.3, -0.25) is 0 Å². The van der Waals surface area contributed by atoms with Crippen LogP contribution in [-0.2, 0) is 0 Å². The van der Waals surface area contributed by atoms with Crippen molar-refractivity contribution in [1.29, 1.82) is 0 Å². The summed E-state index contributed by atoms with van der Waals surface area (Å²) in [5, 5.41) is 0. The van der Waals surface area contributed by atoms with Gasteiger partial charge in [0.25, 0.3) is 0 Å². The van der Waals surface area contributed by atoms with E-state index in [2.05, 4.69) is 0 Å². The Bertz CT molecular complexity index is 106. The van der Waals surface area contributed by atoms with Crippen molar-refractivity contribution in [2.45, 2.75) is 19.0 Å². The molecule has 0 nitrogen and oxygen atoms in total. The molecule has 0 aromatic rings. The number of halogens is 3. The lowest BCUT2D eigenvalue weighted by Gasteiger charge is -2.24. The maximum absolute atomic E-state index is 11.6. The molecule has 0 saturated carbocycles. The second-order valence-electron chi connectivity index (χ2n) is 2.56. The van der Waals surface area contributed by atoms with Crippen LogP contribution in [0.3, 0.4) is 0 Å². The molecule has 0 unspecified atom stereocenters. The molecular formula is C6H9F3S. The standard InChI is InChI=1S/C6H9F3S/c7-6(8,9)2-1-5-3-10-4-5/h5H,1-4H2. The van der Waals surface area contributed by atoms with Gasteiger partial charge in [0.1, 0.15) is 0 Å². The second-order valence-corrected chi connectivity index (χ2v) is 3.63. The van der Waals surface area contributed by atoms with E-state index >= 15 is 0 Å². The molecule has 0 aromatic heterocycles. The molecule has 0 radical (unpaired) electrons. The fraction of sp³-hybridized carbons (Fsp3) is 1.00. The van der Waals surface area contributed by atoms with E-state index in [0.29, 0.717) is 12.3 Å². The molecule has 0 aromatic carbocycles. The molecule has 0 spiro atoms. The SMILES string of the molecule is FC(F)(F)CCC1CSC1. The molecule has 0 aliphatic carbocycles. The topological polar surface area (TPSA) is 0 Å². The van der Waals surface area contributed by atoms with E-state index in [0.717, 1.165) is 11.5 Å². The van der Waals surface area contributed by atoms with Crippen LogP contribution in [0, 0.1) is 5.92 Å². The first kappa shape index (κ1) is 8.24. The first-order chi connectivity index (χ1) is 4.58. The predicted octanol–water partition coefficient (Wildman–Crippen LogP) is 2.69. The summed E-state index contributed by atoms with van der Waals surface area (Å²) in [5.41, 5.74) is 0. The molecule has 1 aliphatic rings. The van der Waals surface area contributed by atoms with E-state index in [1.807, 2.05) is 0 Å². The summed E-state index contributed by atoms with van der Waals surface area (Å²) in [6, 6.07) is 0. The van der Waals surface area contributed by atoms with Gasteiger partial charge in [-0.1, -0.05) is 0 Å². The minimum Gasteiger partial charge on any atom is -0.171 e. The van der Waals surface area contributed by atoms with Crippen molar-refractivity contribution in [2.24, 2.45) is 5.92 Å². The monoisotopic (exact) mass is 170 g/mol. The molecule has 0 atom stereocenters. The van der Waals surface area contributed by atoms with E-state index in [9.17, 15) is 13.2 Å². The smallest absolute Gasteiger partial charge is 0.171 e. The van der Waals surface area contributed by atoms with Crippen LogP contribution in [0.2, 0.25) is 0 Å². The Hall–Kier alpha value is 0.140. The summed E-state index contributed by atoms with van der Waals surface area (Å²) in [7, 11) is 0. The zero-order valence-corrected chi connectivity index (χ0v) is 6.26. The van der Waals surface area contributed by atoms with E-state index in [4.69, 9.17) is 0 Å². The highest BCUT2D eigenvalue weighted by molar-refractivity contribution is 8.00. The fourth-order valence-electron chi connectivity index (χ4n) is 0.819. The molecule has 1 aliphatic heterocycles. The van der Waals surface area contributed by atoms with Crippen LogP contribution in [0.5, 0.6) is 0 Å². The molecule has 0 amide bonds. The summed E-state index contributed by atoms with van der Waals surface area (Å²) in [6.45, 7) is 0. The maximum atomic E-state index is 11.6. The number of hydrogen-bond donors (Lipinski definition) is 0. The average molecular weight is 170 g/mol. The Labute approximate surface area is 62.2 Å². The lowest BCUT2D eigenvalue weighted by Crippen LogP contribution is -2.20. The van der Waals surface area contributed by atoms with Crippen LogP contribution in [0.25, 0.3) is 0 Å². The number of thioether (sulfide) groups is 1. The molecule has 1 saturated heterocycles. The molecular weight excluding hydrogens is 161 g/mol. The summed E-state index contributed by atoms with van der Waals surface area (Å²) in [6.07, 6.45) is -4.21. The molecule has 10 heavy (non-hydrogen) atoms. The largest absolute Gasteiger partial charge is 0.389 e. The third kappa shape index (κ3) is 2.82. The molecule has 1 fully saturated rings. The summed E-state index contributed by atoms with van der Waals surface area (Å²) in [5.74, 6) is 2.19. The first-order valence-electron chi connectivity index (χ1n) is 3.22. The van der Waals surface area contributed by atoms with Crippen molar-refractivity contribution in [2.75, 3.05) is 11.5 Å². The molecule has 1 heterocycles. The van der Waals surface area contributed by atoms with Crippen LogP contribution >= 0.6 is 11.8 Å². The predicted molar refractivity (Wildman–Crippen MR) is 36.1 cm³/mol. The van der Waals surface area contributed by atoms with Crippen molar-refractivity contribution < 1.29 is 13.2 Å². The zero-order chi connectivity index (χ0) is 7.61. The Balaban J connectivity index is 2.04. The molecule has 1 rings (SSSR count). The van der Waals surface area contributed by atoms with Gasteiger partial charge in [-0.15, -0.1) is 0 Å². The van der Waals surface area contributed by atoms with E-state index in [1.54, 1.807) is 11.8 Å². The van der Waals surface area contributed by atoms with Gasteiger partial charge in [0.05, 0.1) is 0 Å². The third-order valence-corrected chi connectivity index (χ3v) is 2.96. The van der Waals surface area contributed by atoms with Gasteiger partial charge in [0, 0.05) is 6.42 Å². The fourth-order valence-corrected chi connectivity index (χ4v) is 1.72. The van der Waals surface area contributed by atoms with Crippen LogP contribution in [0.1, 0.15) is 12.8 Å². The quantitative estimate of drug-likeness (QED) is 0.614. The summed E-state index contributed by atoms with van der Waals surface area (Å²) < 4.78 is 34.7. The minimum atomic E-state index is -3.94. The highest BCUT2D eigenvalue weighted by Gasteiger charge is 2.29. The lowest BCUT2D eigenvalue weighted by molar-refractivity contribution is -0.137. The Morgan fingerprint density at radius 1 is 1.30 bits per heavy atom. The van der Waals surface area contributed by atoms with Crippen molar-refractivity contribution in [1.82, 2.24) is 0 Å². The van der Waals surface area contributed by atoms with E-state index in [-0.39, 0.29) is 0 Å². The first-order valence-corrected chi connectivity index (χ1v) is 4.38. The second kappa shape index (κ2) is 3.03.